The fourth-order valence-corrected chi connectivity index (χ4v) is 6.65. The van der Waals surface area contributed by atoms with Gasteiger partial charge in [-0.3, -0.25) is 9.69 Å². The SMILES string of the molecule is Cc1c(/C=C2\SC(=Nc3ccccc3F)N(C3CCCCC3)C2=O)c2ccccc2n1Cc1ccccc1. The number of hydrogen-bond donors (Lipinski definition) is 0. The molecule has 0 atom stereocenters. The number of halogens is 1. The van der Waals surface area contributed by atoms with Crippen molar-refractivity contribution >= 4 is 45.5 Å². The lowest BCUT2D eigenvalue weighted by Gasteiger charge is -2.30. The van der Waals surface area contributed by atoms with E-state index in [1.54, 1.807) is 18.2 Å². The summed E-state index contributed by atoms with van der Waals surface area (Å²) in [5.74, 6) is -0.412. The summed E-state index contributed by atoms with van der Waals surface area (Å²) >= 11 is 1.36. The number of para-hydroxylation sites is 2. The van der Waals surface area contributed by atoms with Crippen molar-refractivity contribution in [2.24, 2.45) is 4.99 Å². The van der Waals surface area contributed by atoms with E-state index in [9.17, 15) is 9.18 Å². The Balaban J connectivity index is 1.43. The third-order valence-corrected chi connectivity index (χ3v) is 8.57. The van der Waals surface area contributed by atoms with Gasteiger partial charge in [0.2, 0.25) is 0 Å². The molecular formula is C32H30FN3OS. The quantitative estimate of drug-likeness (QED) is 0.248. The van der Waals surface area contributed by atoms with Crippen LogP contribution >= 0.6 is 11.8 Å². The molecule has 1 aliphatic heterocycles. The molecular weight excluding hydrogens is 493 g/mol. The summed E-state index contributed by atoms with van der Waals surface area (Å²) in [6, 6.07) is 25.4. The number of amidine groups is 1. The minimum absolute atomic E-state index is 0.0312. The summed E-state index contributed by atoms with van der Waals surface area (Å²) in [6.45, 7) is 2.87. The number of amides is 1. The summed E-state index contributed by atoms with van der Waals surface area (Å²) in [4.78, 5) is 21.0. The van der Waals surface area contributed by atoms with Crippen molar-refractivity contribution < 1.29 is 9.18 Å². The van der Waals surface area contributed by atoms with Crippen LogP contribution in [0.15, 0.2) is 88.8 Å². The third-order valence-electron chi connectivity index (χ3n) is 7.58. The van der Waals surface area contributed by atoms with Crippen LogP contribution in [0.1, 0.15) is 48.9 Å². The Hall–Kier alpha value is -3.64. The summed E-state index contributed by atoms with van der Waals surface area (Å²) < 4.78 is 16.8. The van der Waals surface area contributed by atoms with E-state index in [1.165, 1.54) is 29.8 Å². The maximum absolute atomic E-state index is 14.5. The number of aromatic nitrogens is 1. The maximum Gasteiger partial charge on any atom is 0.267 e. The van der Waals surface area contributed by atoms with E-state index in [4.69, 9.17) is 0 Å². The topological polar surface area (TPSA) is 37.6 Å². The molecule has 0 bridgehead atoms. The van der Waals surface area contributed by atoms with Crippen molar-refractivity contribution in [3.8, 4) is 0 Å². The molecule has 38 heavy (non-hydrogen) atoms. The standard InChI is InChI=1S/C32H30FN3OS/c1-22-26(25-16-8-11-19-29(25)35(22)21-23-12-4-2-5-13-23)20-30-31(37)36(24-14-6-3-7-15-24)32(38-30)34-28-18-10-9-17-27(28)33/h2,4-5,8-13,16-20,24H,3,6-7,14-15,21H2,1H3/b30-20-,34-32?. The summed E-state index contributed by atoms with van der Waals surface area (Å²) in [7, 11) is 0. The molecule has 0 unspecified atom stereocenters. The summed E-state index contributed by atoms with van der Waals surface area (Å²) in [5.41, 5.74) is 4.79. The van der Waals surface area contributed by atoms with E-state index in [-0.39, 0.29) is 23.5 Å². The van der Waals surface area contributed by atoms with Gasteiger partial charge in [-0.1, -0.05) is 79.9 Å². The molecule has 1 aliphatic carbocycles. The van der Waals surface area contributed by atoms with Gasteiger partial charge in [-0.25, -0.2) is 9.38 Å². The molecule has 0 spiro atoms. The number of carbonyl (C=O) groups excluding carboxylic acids is 1. The minimum atomic E-state index is -0.381. The van der Waals surface area contributed by atoms with Gasteiger partial charge in [0, 0.05) is 34.7 Å². The van der Waals surface area contributed by atoms with Crippen molar-refractivity contribution in [3.63, 3.8) is 0 Å². The number of hydrogen-bond acceptors (Lipinski definition) is 3. The molecule has 2 aliphatic rings. The van der Waals surface area contributed by atoms with Crippen LogP contribution in [-0.4, -0.2) is 26.6 Å². The molecule has 6 heteroatoms. The number of benzene rings is 3. The van der Waals surface area contributed by atoms with Crippen molar-refractivity contribution in [3.05, 3.63) is 106 Å². The Morgan fingerprint density at radius 1 is 0.947 bits per heavy atom. The van der Waals surface area contributed by atoms with Gasteiger partial charge in [0.05, 0.1) is 4.91 Å². The van der Waals surface area contributed by atoms with E-state index in [2.05, 4.69) is 58.9 Å². The summed E-state index contributed by atoms with van der Waals surface area (Å²) in [5, 5.41) is 1.69. The molecule has 1 saturated heterocycles. The zero-order valence-corrected chi connectivity index (χ0v) is 22.3. The Kier molecular flexibility index (Phi) is 6.90. The van der Waals surface area contributed by atoms with Crippen LogP contribution in [0.4, 0.5) is 10.1 Å². The first kappa shape index (κ1) is 24.7. The highest BCUT2D eigenvalue weighted by Crippen LogP contribution is 2.40. The zero-order valence-electron chi connectivity index (χ0n) is 21.4. The smallest absolute Gasteiger partial charge is 0.267 e. The second-order valence-electron chi connectivity index (χ2n) is 10.0. The normalized spacial score (nSPS) is 18.8. The zero-order chi connectivity index (χ0) is 26.1. The lowest BCUT2D eigenvalue weighted by molar-refractivity contribution is -0.124. The van der Waals surface area contributed by atoms with Gasteiger partial charge in [0.1, 0.15) is 11.5 Å². The molecule has 4 aromatic rings. The van der Waals surface area contributed by atoms with Gasteiger partial charge in [0.15, 0.2) is 5.17 Å². The molecule has 1 amide bonds. The largest absolute Gasteiger partial charge is 0.340 e. The molecule has 3 aromatic carbocycles. The van der Waals surface area contributed by atoms with Crippen LogP contribution in [0.25, 0.3) is 17.0 Å². The Morgan fingerprint density at radius 3 is 2.45 bits per heavy atom. The first-order valence-electron chi connectivity index (χ1n) is 13.3. The van der Waals surface area contributed by atoms with E-state index < -0.39 is 0 Å². The van der Waals surface area contributed by atoms with Gasteiger partial charge in [-0.15, -0.1) is 0 Å². The van der Waals surface area contributed by atoms with E-state index in [1.807, 2.05) is 23.1 Å². The van der Waals surface area contributed by atoms with Gasteiger partial charge in [-0.2, -0.15) is 0 Å². The van der Waals surface area contributed by atoms with E-state index >= 15 is 0 Å². The van der Waals surface area contributed by atoms with Crippen molar-refractivity contribution in [2.75, 3.05) is 0 Å². The highest BCUT2D eigenvalue weighted by Gasteiger charge is 2.39. The molecule has 1 saturated carbocycles. The number of fused-ring (bicyclic) bond motifs is 1. The van der Waals surface area contributed by atoms with Crippen LogP contribution in [0, 0.1) is 12.7 Å². The molecule has 6 rings (SSSR count). The predicted octanol–water partition coefficient (Wildman–Crippen LogP) is 8.07. The van der Waals surface area contributed by atoms with Crippen molar-refractivity contribution in [1.29, 1.82) is 0 Å². The van der Waals surface area contributed by atoms with Crippen LogP contribution in [-0.2, 0) is 11.3 Å². The van der Waals surface area contributed by atoms with E-state index in [0.717, 1.165) is 54.4 Å². The Morgan fingerprint density at radius 2 is 1.66 bits per heavy atom. The van der Waals surface area contributed by atoms with Crippen LogP contribution < -0.4 is 0 Å². The predicted molar refractivity (Wildman–Crippen MR) is 155 cm³/mol. The first-order chi connectivity index (χ1) is 18.6. The van der Waals surface area contributed by atoms with Gasteiger partial charge < -0.3 is 4.57 Å². The highest BCUT2D eigenvalue weighted by molar-refractivity contribution is 8.18. The average molecular weight is 524 g/mol. The third kappa shape index (κ3) is 4.69. The molecule has 192 valence electrons. The first-order valence-corrected chi connectivity index (χ1v) is 14.1. The molecule has 2 fully saturated rings. The Bertz CT molecular complexity index is 1550. The monoisotopic (exact) mass is 523 g/mol. The van der Waals surface area contributed by atoms with Gasteiger partial charge in [-0.05, 0) is 61.4 Å². The lowest BCUT2D eigenvalue weighted by atomic mass is 9.94. The second kappa shape index (κ2) is 10.6. The molecule has 1 aromatic heterocycles. The number of carbonyl (C=O) groups is 1. The highest BCUT2D eigenvalue weighted by atomic mass is 32.2. The van der Waals surface area contributed by atoms with E-state index in [0.29, 0.717) is 10.1 Å². The number of thioether (sulfide) groups is 1. The van der Waals surface area contributed by atoms with Gasteiger partial charge in [0.25, 0.3) is 5.91 Å². The number of rotatable bonds is 5. The Labute approximate surface area is 226 Å². The van der Waals surface area contributed by atoms with Crippen LogP contribution in [0.2, 0.25) is 0 Å². The van der Waals surface area contributed by atoms with Crippen molar-refractivity contribution in [2.45, 2.75) is 51.6 Å². The fourth-order valence-electron chi connectivity index (χ4n) is 5.61. The molecule has 0 radical (unpaired) electrons. The number of nitrogens with zero attached hydrogens (tertiary/aromatic N) is 3. The average Bonchev–Trinajstić information content (AvgIpc) is 3.39. The minimum Gasteiger partial charge on any atom is -0.340 e. The molecule has 2 heterocycles. The fraction of sp³-hybridized carbons (Fsp3) is 0.250. The van der Waals surface area contributed by atoms with Crippen LogP contribution in [0.3, 0.4) is 0 Å². The molecule has 0 N–H and O–H groups in total. The number of aliphatic imine (C=N–C) groups is 1. The maximum atomic E-state index is 14.5. The van der Waals surface area contributed by atoms with Gasteiger partial charge >= 0.3 is 0 Å². The van der Waals surface area contributed by atoms with Crippen LogP contribution in [0.5, 0.6) is 0 Å². The summed E-state index contributed by atoms with van der Waals surface area (Å²) in [6.07, 6.45) is 7.30. The second-order valence-corrected chi connectivity index (χ2v) is 11.0. The lowest BCUT2D eigenvalue weighted by Crippen LogP contribution is -2.40. The van der Waals surface area contributed by atoms with Crippen molar-refractivity contribution in [1.82, 2.24) is 9.47 Å². The molecule has 4 nitrogen and oxygen atoms in total.